The first-order chi connectivity index (χ1) is 9.10. The fourth-order valence-corrected chi connectivity index (χ4v) is 3.04. The Morgan fingerprint density at radius 2 is 2.21 bits per heavy atom. The van der Waals surface area contributed by atoms with Gasteiger partial charge in [0.15, 0.2) is 0 Å². The van der Waals surface area contributed by atoms with Gasteiger partial charge in [-0.3, -0.25) is 15.3 Å². The first-order valence-corrected chi connectivity index (χ1v) is 7.11. The van der Waals surface area contributed by atoms with Gasteiger partial charge in [0.05, 0.1) is 0 Å². The van der Waals surface area contributed by atoms with Crippen LogP contribution in [0.4, 0.5) is 0 Å². The lowest BCUT2D eigenvalue weighted by atomic mass is 9.82. The minimum absolute atomic E-state index is 0.0621. The lowest BCUT2D eigenvalue weighted by Crippen LogP contribution is -2.27. The summed E-state index contributed by atoms with van der Waals surface area (Å²) in [5.74, 6) is 0.0621. The minimum atomic E-state index is 0.0621. The molecule has 1 saturated heterocycles. The molecule has 0 atom stereocenters. The molecule has 1 aromatic heterocycles. The van der Waals surface area contributed by atoms with Crippen LogP contribution >= 0.6 is 0 Å². The summed E-state index contributed by atoms with van der Waals surface area (Å²) in [6.45, 7) is 7.71. The Labute approximate surface area is 115 Å². The topological polar surface area (TPSA) is 66.0 Å². The number of nitrogens with zero attached hydrogens (tertiary/aromatic N) is 2. The predicted molar refractivity (Wildman–Crippen MR) is 78.2 cm³/mol. The van der Waals surface area contributed by atoms with Crippen LogP contribution in [0, 0.1) is 10.8 Å². The maximum Gasteiger partial charge on any atom is 0.142 e. The van der Waals surface area contributed by atoms with Crippen LogP contribution in [0.3, 0.4) is 0 Å². The Morgan fingerprint density at radius 3 is 2.79 bits per heavy atom. The van der Waals surface area contributed by atoms with Gasteiger partial charge in [-0.2, -0.15) is 0 Å². The average Bonchev–Trinajstić information content (AvgIpc) is 2.83. The Morgan fingerprint density at radius 1 is 1.47 bits per heavy atom. The van der Waals surface area contributed by atoms with Gasteiger partial charge in [0.25, 0.3) is 0 Å². The number of hydrogen-bond acceptors (Lipinski definition) is 3. The van der Waals surface area contributed by atoms with Gasteiger partial charge in [-0.1, -0.05) is 19.9 Å². The van der Waals surface area contributed by atoms with Gasteiger partial charge < -0.3 is 5.73 Å². The molecule has 0 aromatic carbocycles. The standard InChI is InChI=1S/C15H24N4/c1-3-15(4-2)7-9-19(11-15)10-12-6-5-8-18-13(12)14(16)17/h5-6,8H,3-4,7,9-11H2,1-2H3,(H3,16,17). The first kappa shape index (κ1) is 14.0. The van der Waals surface area contributed by atoms with Crippen LogP contribution in [0.1, 0.15) is 44.4 Å². The van der Waals surface area contributed by atoms with Crippen LogP contribution in [0.25, 0.3) is 0 Å². The molecule has 0 unspecified atom stereocenters. The summed E-state index contributed by atoms with van der Waals surface area (Å²) in [5, 5.41) is 7.60. The highest BCUT2D eigenvalue weighted by Gasteiger charge is 2.34. The molecule has 0 bridgehead atoms. The monoisotopic (exact) mass is 260 g/mol. The third-order valence-corrected chi connectivity index (χ3v) is 4.56. The molecular weight excluding hydrogens is 236 g/mol. The summed E-state index contributed by atoms with van der Waals surface area (Å²) < 4.78 is 0. The van der Waals surface area contributed by atoms with E-state index in [0.717, 1.165) is 25.2 Å². The summed E-state index contributed by atoms with van der Waals surface area (Å²) in [4.78, 5) is 6.69. The van der Waals surface area contributed by atoms with Gasteiger partial charge in [-0.15, -0.1) is 0 Å². The van der Waals surface area contributed by atoms with Crippen LogP contribution < -0.4 is 5.73 Å². The molecule has 2 heterocycles. The molecule has 1 aliphatic heterocycles. The van der Waals surface area contributed by atoms with Gasteiger partial charge >= 0.3 is 0 Å². The van der Waals surface area contributed by atoms with E-state index >= 15 is 0 Å². The van der Waals surface area contributed by atoms with Gasteiger partial charge in [-0.25, -0.2) is 0 Å². The number of amidine groups is 1. The van der Waals surface area contributed by atoms with Crippen molar-refractivity contribution in [2.45, 2.75) is 39.7 Å². The molecule has 4 heteroatoms. The Hall–Kier alpha value is -1.42. The highest BCUT2D eigenvalue weighted by Crippen LogP contribution is 2.37. The van der Waals surface area contributed by atoms with Gasteiger partial charge in [-0.05, 0) is 42.9 Å². The number of rotatable bonds is 5. The van der Waals surface area contributed by atoms with Crippen molar-refractivity contribution in [2.24, 2.45) is 11.1 Å². The van der Waals surface area contributed by atoms with E-state index in [4.69, 9.17) is 11.1 Å². The summed E-state index contributed by atoms with van der Waals surface area (Å²) in [6, 6.07) is 3.95. The van der Waals surface area contributed by atoms with E-state index in [1.807, 2.05) is 12.1 Å². The second-order valence-corrected chi connectivity index (χ2v) is 5.59. The molecule has 1 aliphatic rings. The van der Waals surface area contributed by atoms with E-state index in [0.29, 0.717) is 11.1 Å². The van der Waals surface area contributed by atoms with E-state index in [-0.39, 0.29) is 5.84 Å². The van der Waals surface area contributed by atoms with E-state index in [9.17, 15) is 0 Å². The zero-order valence-electron chi connectivity index (χ0n) is 11.9. The largest absolute Gasteiger partial charge is 0.382 e. The maximum absolute atomic E-state index is 7.60. The van der Waals surface area contributed by atoms with Gasteiger partial charge in [0, 0.05) is 19.3 Å². The van der Waals surface area contributed by atoms with Crippen molar-refractivity contribution < 1.29 is 0 Å². The van der Waals surface area contributed by atoms with Crippen molar-refractivity contribution in [2.75, 3.05) is 13.1 Å². The molecule has 1 fully saturated rings. The van der Waals surface area contributed by atoms with Crippen LogP contribution in [-0.2, 0) is 6.54 Å². The molecule has 104 valence electrons. The molecule has 0 radical (unpaired) electrons. The second kappa shape index (κ2) is 5.70. The Balaban J connectivity index is 2.09. The Kier molecular flexibility index (Phi) is 4.20. The van der Waals surface area contributed by atoms with Crippen molar-refractivity contribution in [1.82, 2.24) is 9.88 Å². The SMILES string of the molecule is CCC1(CC)CCN(Cc2cccnc2C(=N)N)C1. The van der Waals surface area contributed by atoms with E-state index in [1.54, 1.807) is 6.20 Å². The number of nitrogen functional groups attached to an aromatic ring is 1. The second-order valence-electron chi connectivity index (χ2n) is 5.59. The maximum atomic E-state index is 7.60. The smallest absolute Gasteiger partial charge is 0.142 e. The van der Waals surface area contributed by atoms with Gasteiger partial charge in [0.2, 0.25) is 0 Å². The van der Waals surface area contributed by atoms with E-state index in [1.165, 1.54) is 19.3 Å². The van der Waals surface area contributed by atoms with Crippen LogP contribution in [0.15, 0.2) is 18.3 Å². The lowest BCUT2D eigenvalue weighted by molar-refractivity contribution is 0.236. The zero-order chi connectivity index (χ0) is 13.9. The third-order valence-electron chi connectivity index (χ3n) is 4.56. The summed E-state index contributed by atoms with van der Waals surface area (Å²) in [6.07, 6.45) is 5.46. The number of pyridine rings is 1. The predicted octanol–water partition coefficient (Wildman–Crippen LogP) is 2.38. The molecule has 0 spiro atoms. The fourth-order valence-electron chi connectivity index (χ4n) is 3.04. The van der Waals surface area contributed by atoms with E-state index < -0.39 is 0 Å². The molecule has 1 aromatic rings. The van der Waals surface area contributed by atoms with Crippen molar-refractivity contribution in [3.63, 3.8) is 0 Å². The minimum Gasteiger partial charge on any atom is -0.382 e. The normalized spacial score (nSPS) is 18.6. The summed E-state index contributed by atoms with van der Waals surface area (Å²) >= 11 is 0. The summed E-state index contributed by atoms with van der Waals surface area (Å²) in [5.41, 5.74) is 7.78. The van der Waals surface area contributed by atoms with Crippen LogP contribution in [0.5, 0.6) is 0 Å². The molecule has 3 N–H and O–H groups in total. The van der Waals surface area contributed by atoms with Crippen LogP contribution in [0.2, 0.25) is 0 Å². The quantitative estimate of drug-likeness (QED) is 0.631. The number of hydrogen-bond donors (Lipinski definition) is 2. The summed E-state index contributed by atoms with van der Waals surface area (Å²) in [7, 11) is 0. The van der Waals surface area contributed by atoms with Crippen molar-refractivity contribution in [3.8, 4) is 0 Å². The highest BCUT2D eigenvalue weighted by molar-refractivity contribution is 5.94. The van der Waals surface area contributed by atoms with E-state index in [2.05, 4.69) is 23.7 Å². The average molecular weight is 260 g/mol. The molecular formula is C15H24N4. The number of nitrogens with one attached hydrogen (secondary N) is 1. The van der Waals surface area contributed by atoms with Crippen LogP contribution in [-0.4, -0.2) is 28.8 Å². The molecule has 4 nitrogen and oxygen atoms in total. The lowest BCUT2D eigenvalue weighted by Gasteiger charge is -2.26. The third kappa shape index (κ3) is 2.95. The molecule has 2 rings (SSSR count). The van der Waals surface area contributed by atoms with Crippen molar-refractivity contribution in [3.05, 3.63) is 29.6 Å². The molecule has 0 saturated carbocycles. The van der Waals surface area contributed by atoms with Crippen molar-refractivity contribution in [1.29, 1.82) is 5.41 Å². The molecule has 19 heavy (non-hydrogen) atoms. The number of aromatic nitrogens is 1. The number of nitrogens with two attached hydrogens (primary N) is 1. The number of likely N-dealkylation sites (tertiary alicyclic amines) is 1. The molecule has 0 aliphatic carbocycles. The fraction of sp³-hybridized carbons (Fsp3) is 0.600. The first-order valence-electron chi connectivity index (χ1n) is 7.11. The molecule has 0 amide bonds. The Bertz CT molecular complexity index is 451. The zero-order valence-corrected chi connectivity index (χ0v) is 11.9. The van der Waals surface area contributed by atoms with Crippen molar-refractivity contribution >= 4 is 5.84 Å². The highest BCUT2D eigenvalue weighted by atomic mass is 15.2. The van der Waals surface area contributed by atoms with Gasteiger partial charge in [0.1, 0.15) is 11.5 Å².